The zero-order valence-electron chi connectivity index (χ0n) is 12.4. The Balaban J connectivity index is 1.84. The summed E-state index contributed by atoms with van der Waals surface area (Å²) in [5, 5.41) is 2.98. The van der Waals surface area contributed by atoms with E-state index >= 15 is 0 Å². The van der Waals surface area contributed by atoms with Crippen molar-refractivity contribution in [2.75, 3.05) is 14.2 Å². The second-order valence-corrected chi connectivity index (χ2v) is 5.41. The third-order valence-electron chi connectivity index (χ3n) is 4.02. The molecule has 2 amide bonds. The van der Waals surface area contributed by atoms with Gasteiger partial charge in [0.2, 0.25) is 0 Å². The Labute approximate surface area is 121 Å². The number of benzene rings is 1. The van der Waals surface area contributed by atoms with Crippen molar-refractivity contribution in [2.24, 2.45) is 0 Å². The lowest BCUT2D eigenvalue weighted by Crippen LogP contribution is -2.44. The summed E-state index contributed by atoms with van der Waals surface area (Å²) in [6.07, 6.45) is 6.03. The van der Waals surface area contributed by atoms with Gasteiger partial charge in [-0.25, -0.2) is 4.79 Å². The molecular weight excluding hydrogens is 252 g/mol. The molecule has 4 nitrogen and oxygen atoms in total. The van der Waals surface area contributed by atoms with Crippen LogP contribution in [0.1, 0.15) is 37.7 Å². The van der Waals surface area contributed by atoms with Gasteiger partial charge in [-0.3, -0.25) is 0 Å². The molecule has 110 valence electrons. The molecule has 0 unspecified atom stereocenters. The molecule has 20 heavy (non-hydrogen) atoms. The second-order valence-electron chi connectivity index (χ2n) is 5.41. The van der Waals surface area contributed by atoms with E-state index in [0.717, 1.165) is 24.2 Å². The largest absolute Gasteiger partial charge is 0.497 e. The first-order valence-electron chi connectivity index (χ1n) is 7.34. The van der Waals surface area contributed by atoms with Gasteiger partial charge in [-0.2, -0.15) is 0 Å². The van der Waals surface area contributed by atoms with E-state index in [0.29, 0.717) is 12.6 Å². The third kappa shape index (κ3) is 3.89. The number of hydrogen-bond donors (Lipinski definition) is 1. The fraction of sp³-hybridized carbons (Fsp3) is 0.562. The third-order valence-corrected chi connectivity index (χ3v) is 4.02. The first-order valence-corrected chi connectivity index (χ1v) is 7.34. The van der Waals surface area contributed by atoms with E-state index in [1.807, 2.05) is 36.2 Å². The van der Waals surface area contributed by atoms with Gasteiger partial charge in [0.25, 0.3) is 0 Å². The Morgan fingerprint density at radius 2 is 2.10 bits per heavy atom. The molecule has 2 rings (SSSR count). The summed E-state index contributed by atoms with van der Waals surface area (Å²) in [4.78, 5) is 14.0. The Morgan fingerprint density at radius 3 is 2.80 bits per heavy atom. The highest BCUT2D eigenvalue weighted by atomic mass is 16.5. The molecule has 1 aromatic carbocycles. The highest BCUT2D eigenvalue weighted by molar-refractivity contribution is 5.74. The maximum atomic E-state index is 12.2. The summed E-state index contributed by atoms with van der Waals surface area (Å²) < 4.78 is 5.18. The molecule has 0 bridgehead atoms. The summed E-state index contributed by atoms with van der Waals surface area (Å²) in [5.74, 6) is 0.817. The van der Waals surface area contributed by atoms with Crippen LogP contribution in [-0.4, -0.2) is 31.1 Å². The van der Waals surface area contributed by atoms with Gasteiger partial charge in [0, 0.05) is 19.6 Å². The van der Waals surface area contributed by atoms with Crippen LogP contribution >= 0.6 is 0 Å². The van der Waals surface area contributed by atoms with Crippen molar-refractivity contribution in [3.63, 3.8) is 0 Å². The van der Waals surface area contributed by atoms with E-state index in [1.165, 1.54) is 19.3 Å². The molecule has 0 heterocycles. The quantitative estimate of drug-likeness (QED) is 0.917. The van der Waals surface area contributed by atoms with Crippen molar-refractivity contribution in [2.45, 2.75) is 44.7 Å². The molecule has 0 spiro atoms. The fourth-order valence-corrected chi connectivity index (χ4v) is 2.72. The van der Waals surface area contributed by atoms with Crippen molar-refractivity contribution >= 4 is 6.03 Å². The summed E-state index contributed by atoms with van der Waals surface area (Å²) in [7, 11) is 3.55. The van der Waals surface area contributed by atoms with E-state index in [9.17, 15) is 4.79 Å². The lowest BCUT2D eigenvalue weighted by molar-refractivity contribution is 0.173. The first-order chi connectivity index (χ1) is 9.70. The Bertz CT molecular complexity index is 442. The molecule has 1 aromatic rings. The number of rotatable bonds is 4. The molecule has 1 N–H and O–H groups in total. The molecule has 1 aliphatic rings. The van der Waals surface area contributed by atoms with Crippen LogP contribution in [0.15, 0.2) is 24.3 Å². The van der Waals surface area contributed by atoms with Crippen molar-refractivity contribution in [3.8, 4) is 5.75 Å². The maximum Gasteiger partial charge on any atom is 0.317 e. The van der Waals surface area contributed by atoms with Crippen molar-refractivity contribution in [1.82, 2.24) is 10.2 Å². The highest BCUT2D eigenvalue weighted by Gasteiger charge is 2.21. The Hall–Kier alpha value is -1.71. The molecule has 4 heteroatoms. The minimum absolute atomic E-state index is 0.0136. The van der Waals surface area contributed by atoms with Gasteiger partial charge in [-0.15, -0.1) is 0 Å². The average molecular weight is 276 g/mol. The zero-order chi connectivity index (χ0) is 14.4. The van der Waals surface area contributed by atoms with Crippen LogP contribution in [0.4, 0.5) is 4.79 Å². The van der Waals surface area contributed by atoms with Crippen LogP contribution < -0.4 is 10.1 Å². The van der Waals surface area contributed by atoms with Crippen LogP contribution in [0.3, 0.4) is 0 Å². The van der Waals surface area contributed by atoms with E-state index in [1.54, 1.807) is 7.11 Å². The second kappa shape index (κ2) is 7.17. The van der Waals surface area contributed by atoms with Crippen LogP contribution in [0.25, 0.3) is 0 Å². The Kier molecular flexibility index (Phi) is 5.27. The van der Waals surface area contributed by atoms with E-state index < -0.39 is 0 Å². The molecule has 0 aliphatic heterocycles. The van der Waals surface area contributed by atoms with Gasteiger partial charge >= 0.3 is 6.03 Å². The van der Waals surface area contributed by atoms with Gasteiger partial charge in [-0.05, 0) is 30.5 Å². The number of hydrogen-bond acceptors (Lipinski definition) is 2. The lowest BCUT2D eigenvalue weighted by atomic mass is 9.95. The normalized spacial score (nSPS) is 15.7. The lowest BCUT2D eigenvalue weighted by Gasteiger charge is -2.31. The summed E-state index contributed by atoms with van der Waals surface area (Å²) in [6.45, 7) is 0.535. The zero-order valence-corrected chi connectivity index (χ0v) is 12.4. The summed E-state index contributed by atoms with van der Waals surface area (Å²) in [5.41, 5.74) is 1.05. The minimum Gasteiger partial charge on any atom is -0.497 e. The molecule has 0 atom stereocenters. The molecule has 0 radical (unpaired) electrons. The number of amides is 2. The first kappa shape index (κ1) is 14.7. The number of carbonyl (C=O) groups is 1. The van der Waals surface area contributed by atoms with Gasteiger partial charge in [-0.1, -0.05) is 31.4 Å². The maximum absolute atomic E-state index is 12.2. The summed E-state index contributed by atoms with van der Waals surface area (Å²) in [6, 6.07) is 8.18. The van der Waals surface area contributed by atoms with Gasteiger partial charge in [0.1, 0.15) is 5.75 Å². The monoisotopic (exact) mass is 276 g/mol. The molecular formula is C16H24N2O2. The molecule has 1 aliphatic carbocycles. The smallest absolute Gasteiger partial charge is 0.317 e. The van der Waals surface area contributed by atoms with E-state index in [2.05, 4.69) is 5.32 Å². The van der Waals surface area contributed by atoms with Crippen molar-refractivity contribution in [1.29, 1.82) is 0 Å². The highest BCUT2D eigenvalue weighted by Crippen LogP contribution is 2.21. The van der Waals surface area contributed by atoms with Gasteiger partial charge in [0.15, 0.2) is 0 Å². The number of carbonyl (C=O) groups excluding carboxylic acids is 1. The van der Waals surface area contributed by atoms with Crippen LogP contribution in [0.5, 0.6) is 5.75 Å². The molecule has 0 saturated heterocycles. The standard InChI is InChI=1S/C16H24N2O2/c1-18(14-8-4-3-5-9-14)16(19)17-12-13-7-6-10-15(11-13)20-2/h6-7,10-11,14H,3-5,8-9,12H2,1-2H3,(H,17,19). The van der Waals surface area contributed by atoms with Crippen LogP contribution in [-0.2, 0) is 6.54 Å². The molecule has 1 saturated carbocycles. The minimum atomic E-state index is 0.0136. The molecule has 1 fully saturated rings. The Morgan fingerprint density at radius 1 is 1.35 bits per heavy atom. The van der Waals surface area contributed by atoms with Crippen LogP contribution in [0.2, 0.25) is 0 Å². The van der Waals surface area contributed by atoms with Crippen molar-refractivity contribution < 1.29 is 9.53 Å². The number of methoxy groups -OCH3 is 1. The molecule has 0 aromatic heterocycles. The number of urea groups is 1. The van der Waals surface area contributed by atoms with Crippen molar-refractivity contribution in [3.05, 3.63) is 29.8 Å². The number of nitrogens with zero attached hydrogens (tertiary/aromatic N) is 1. The number of ether oxygens (including phenoxy) is 1. The average Bonchev–Trinajstić information content (AvgIpc) is 2.53. The predicted octanol–water partition coefficient (Wildman–Crippen LogP) is 3.17. The SMILES string of the molecule is COc1cccc(CNC(=O)N(C)C2CCCCC2)c1. The number of nitrogens with one attached hydrogen (secondary N) is 1. The fourth-order valence-electron chi connectivity index (χ4n) is 2.72. The van der Waals surface area contributed by atoms with Gasteiger partial charge in [0.05, 0.1) is 7.11 Å². The van der Waals surface area contributed by atoms with Gasteiger partial charge < -0.3 is 15.0 Å². The topological polar surface area (TPSA) is 41.6 Å². The predicted molar refractivity (Wildman–Crippen MR) is 79.9 cm³/mol. The van der Waals surface area contributed by atoms with E-state index in [-0.39, 0.29) is 6.03 Å². The van der Waals surface area contributed by atoms with Crippen LogP contribution in [0, 0.1) is 0 Å². The summed E-state index contributed by atoms with van der Waals surface area (Å²) >= 11 is 0. The van der Waals surface area contributed by atoms with E-state index in [4.69, 9.17) is 4.74 Å².